The average molecular weight is 467 g/mol. The maximum atomic E-state index is 13.3. The monoisotopic (exact) mass is 467 g/mol. The minimum atomic E-state index is -3.63. The number of halogens is 2. The number of aryl methyl sites for hydroxylation is 1. The van der Waals surface area contributed by atoms with Crippen LogP contribution in [0.1, 0.15) is 24.6 Å². The van der Waals surface area contributed by atoms with Crippen LogP contribution in [0.5, 0.6) is 11.5 Å². The Morgan fingerprint density at radius 3 is 2.74 bits per heavy atom. The van der Waals surface area contributed by atoms with E-state index in [1.54, 1.807) is 37.4 Å². The van der Waals surface area contributed by atoms with Crippen molar-refractivity contribution >= 4 is 16.7 Å². The fraction of sp³-hybridized carbons (Fsp3) is 0.375. The van der Waals surface area contributed by atoms with Gasteiger partial charge in [0.1, 0.15) is 17.3 Å². The number of piperazine rings is 1. The third-order valence-electron chi connectivity index (χ3n) is 6.40. The molecule has 1 saturated heterocycles. The fourth-order valence-corrected chi connectivity index (χ4v) is 4.67. The van der Waals surface area contributed by atoms with Gasteiger partial charge in [0, 0.05) is 45.3 Å². The summed E-state index contributed by atoms with van der Waals surface area (Å²) in [6.45, 7) is 4.73. The third kappa shape index (κ3) is 3.92. The molecule has 2 aliphatic rings. The Kier molecular flexibility index (Phi) is 5.37. The number of hydrogen-bond donors (Lipinski definition) is 0. The Morgan fingerprint density at radius 1 is 1.18 bits per heavy atom. The zero-order chi connectivity index (χ0) is 24.0. The number of ether oxygens (including phenoxy) is 2. The van der Waals surface area contributed by atoms with Gasteiger partial charge in [-0.2, -0.15) is 5.26 Å². The molecule has 2 aliphatic heterocycles. The van der Waals surface area contributed by atoms with E-state index in [0.29, 0.717) is 36.4 Å². The molecular weight excluding hydrogens is 444 g/mol. The molecule has 0 bridgehead atoms. The summed E-state index contributed by atoms with van der Waals surface area (Å²) in [7, 11) is 1.69. The number of nitrogens with zero attached hydrogens (tertiary/aromatic N) is 5. The molecule has 34 heavy (non-hydrogen) atoms. The lowest BCUT2D eigenvalue weighted by Gasteiger charge is -2.42. The molecule has 5 rings (SSSR count). The van der Waals surface area contributed by atoms with Gasteiger partial charge in [-0.25, -0.2) is 4.98 Å². The summed E-state index contributed by atoms with van der Waals surface area (Å²) in [5.41, 5.74) is 3.05. The van der Waals surface area contributed by atoms with Crippen molar-refractivity contribution in [3.63, 3.8) is 0 Å². The summed E-state index contributed by atoms with van der Waals surface area (Å²) in [6, 6.07) is 12.0. The largest absolute Gasteiger partial charge is 0.586 e. The normalized spacial score (nSPS) is 19.4. The Morgan fingerprint density at radius 2 is 1.97 bits per heavy atom. The Bertz CT molecular complexity index is 1370. The second kappa shape index (κ2) is 8.25. The quantitative estimate of drug-likeness (QED) is 0.583. The molecule has 0 N–H and O–H groups in total. The molecule has 0 saturated carbocycles. The van der Waals surface area contributed by atoms with Crippen LogP contribution >= 0.6 is 0 Å². The number of hydrogen-bond acceptors (Lipinski definition) is 7. The molecule has 0 amide bonds. The van der Waals surface area contributed by atoms with Gasteiger partial charge >= 0.3 is 6.29 Å². The van der Waals surface area contributed by atoms with Crippen LogP contribution < -0.4 is 19.9 Å². The Labute approximate surface area is 194 Å². The number of aromatic nitrogens is 2. The molecule has 0 unspecified atom stereocenters. The van der Waals surface area contributed by atoms with Crippen molar-refractivity contribution in [3.8, 4) is 17.6 Å². The SMILES string of the molecule is CC[C@H]1CN(Cc2ccc3c(c2)OC(F)(F)O3)CCN1c1cc(=O)n(C)c2ccc(C#N)nc12. The van der Waals surface area contributed by atoms with Crippen molar-refractivity contribution in [1.82, 2.24) is 14.5 Å². The summed E-state index contributed by atoms with van der Waals surface area (Å²) in [4.78, 5) is 21.6. The highest BCUT2D eigenvalue weighted by Crippen LogP contribution is 2.41. The highest BCUT2D eigenvalue weighted by molar-refractivity contribution is 5.89. The van der Waals surface area contributed by atoms with Crippen LogP contribution in [0, 0.1) is 11.3 Å². The lowest BCUT2D eigenvalue weighted by atomic mass is 10.1. The van der Waals surface area contributed by atoms with Crippen molar-refractivity contribution in [2.24, 2.45) is 7.05 Å². The van der Waals surface area contributed by atoms with Crippen LogP contribution in [0.3, 0.4) is 0 Å². The molecule has 10 heteroatoms. The number of alkyl halides is 2. The van der Waals surface area contributed by atoms with E-state index < -0.39 is 6.29 Å². The molecule has 1 atom stereocenters. The van der Waals surface area contributed by atoms with Gasteiger partial charge in [0.2, 0.25) is 0 Å². The van der Waals surface area contributed by atoms with E-state index in [2.05, 4.69) is 37.3 Å². The summed E-state index contributed by atoms with van der Waals surface area (Å²) in [5.74, 6) is 0.0749. The zero-order valence-electron chi connectivity index (χ0n) is 18.8. The zero-order valence-corrected chi connectivity index (χ0v) is 18.8. The Balaban J connectivity index is 1.40. The number of fused-ring (bicyclic) bond motifs is 2. The molecule has 4 heterocycles. The van der Waals surface area contributed by atoms with E-state index in [9.17, 15) is 18.8 Å². The lowest BCUT2D eigenvalue weighted by molar-refractivity contribution is -0.286. The van der Waals surface area contributed by atoms with Gasteiger partial charge in [-0.05, 0) is 36.2 Å². The van der Waals surface area contributed by atoms with E-state index in [-0.39, 0.29) is 23.1 Å². The minimum absolute atomic E-state index is 0.0341. The number of rotatable bonds is 4. The number of pyridine rings is 2. The molecule has 0 radical (unpaired) electrons. The third-order valence-corrected chi connectivity index (χ3v) is 6.40. The molecule has 8 nitrogen and oxygen atoms in total. The summed E-state index contributed by atoms with van der Waals surface area (Å²) < 4.78 is 37.3. The second-order valence-electron chi connectivity index (χ2n) is 8.54. The highest BCUT2D eigenvalue weighted by atomic mass is 19.3. The van der Waals surface area contributed by atoms with Crippen LogP contribution in [0.15, 0.2) is 41.2 Å². The van der Waals surface area contributed by atoms with Crippen molar-refractivity contribution < 1.29 is 18.3 Å². The summed E-state index contributed by atoms with van der Waals surface area (Å²) >= 11 is 0. The molecule has 0 spiro atoms. The number of nitriles is 1. The highest BCUT2D eigenvalue weighted by Gasteiger charge is 2.43. The lowest BCUT2D eigenvalue weighted by Crippen LogP contribution is -2.53. The first-order valence-electron chi connectivity index (χ1n) is 11.1. The molecule has 3 aromatic rings. The second-order valence-corrected chi connectivity index (χ2v) is 8.54. The van der Waals surface area contributed by atoms with Crippen molar-refractivity contribution in [3.05, 3.63) is 58.0 Å². The number of anilines is 1. The van der Waals surface area contributed by atoms with Gasteiger partial charge in [0.15, 0.2) is 11.5 Å². The van der Waals surface area contributed by atoms with Gasteiger partial charge in [-0.1, -0.05) is 13.0 Å². The molecule has 1 aromatic carbocycles. The first kappa shape index (κ1) is 22.1. The van der Waals surface area contributed by atoms with Gasteiger partial charge in [-0.15, -0.1) is 8.78 Å². The predicted molar refractivity (Wildman–Crippen MR) is 121 cm³/mol. The first-order chi connectivity index (χ1) is 16.3. The van der Waals surface area contributed by atoms with Crippen molar-refractivity contribution in [1.29, 1.82) is 5.26 Å². The number of benzene rings is 1. The fourth-order valence-electron chi connectivity index (χ4n) is 4.67. The molecule has 0 aliphatic carbocycles. The van der Waals surface area contributed by atoms with E-state index in [4.69, 9.17) is 0 Å². The molecular formula is C24H23F2N5O3. The van der Waals surface area contributed by atoms with E-state index >= 15 is 0 Å². The van der Waals surface area contributed by atoms with Crippen molar-refractivity contribution in [2.75, 3.05) is 24.5 Å². The van der Waals surface area contributed by atoms with Gasteiger partial charge in [-0.3, -0.25) is 9.69 Å². The summed E-state index contributed by atoms with van der Waals surface area (Å²) in [6.07, 6.45) is -2.80. The van der Waals surface area contributed by atoms with E-state index in [0.717, 1.165) is 24.2 Å². The van der Waals surface area contributed by atoms with E-state index in [1.807, 2.05) is 0 Å². The average Bonchev–Trinajstić information content (AvgIpc) is 3.14. The topological polar surface area (TPSA) is 83.6 Å². The van der Waals surface area contributed by atoms with Crippen LogP contribution in [-0.4, -0.2) is 46.4 Å². The first-order valence-corrected chi connectivity index (χ1v) is 11.1. The maximum absolute atomic E-state index is 13.3. The molecule has 1 fully saturated rings. The van der Waals surface area contributed by atoms with E-state index in [1.165, 1.54) is 10.6 Å². The molecule has 2 aromatic heterocycles. The van der Waals surface area contributed by atoms with Crippen molar-refractivity contribution in [2.45, 2.75) is 32.2 Å². The summed E-state index contributed by atoms with van der Waals surface area (Å²) in [5, 5.41) is 9.32. The predicted octanol–water partition coefficient (Wildman–Crippen LogP) is 3.23. The van der Waals surface area contributed by atoms with Gasteiger partial charge < -0.3 is 18.9 Å². The smallest absolute Gasteiger partial charge is 0.395 e. The Hall–Kier alpha value is -3.71. The van der Waals surface area contributed by atoms with Crippen LogP contribution in [0.25, 0.3) is 11.0 Å². The van der Waals surface area contributed by atoms with Crippen LogP contribution in [0.4, 0.5) is 14.5 Å². The maximum Gasteiger partial charge on any atom is 0.586 e. The van der Waals surface area contributed by atoms with Crippen LogP contribution in [-0.2, 0) is 13.6 Å². The van der Waals surface area contributed by atoms with Gasteiger partial charge in [0.25, 0.3) is 5.56 Å². The molecule has 176 valence electrons. The minimum Gasteiger partial charge on any atom is -0.395 e. The standard InChI is InChI=1S/C24H23F2N5O3/c1-3-17-14-30(13-15-4-7-20-21(10-15)34-24(25,26)33-20)8-9-31(17)19-11-22(32)29(2)18-6-5-16(12-27)28-23(18)19/h4-7,10-11,17H,3,8-9,13-14H2,1-2H3/t17-/m0/s1. The van der Waals surface area contributed by atoms with Crippen LogP contribution in [0.2, 0.25) is 0 Å². The van der Waals surface area contributed by atoms with Gasteiger partial charge in [0.05, 0.1) is 11.2 Å².